The number of aromatic amines is 1. The zero-order valence-electron chi connectivity index (χ0n) is 15.8. The Hall–Kier alpha value is -3.21. The minimum Gasteiger partial charge on any atom is -0.383 e. The molecule has 28 heavy (non-hydrogen) atoms. The van der Waals surface area contributed by atoms with Gasteiger partial charge in [0.2, 0.25) is 0 Å². The Labute approximate surface area is 164 Å². The maximum absolute atomic E-state index is 6.11. The van der Waals surface area contributed by atoms with Crippen molar-refractivity contribution in [3.05, 3.63) is 82.6 Å². The molecule has 0 saturated carbocycles. The molecule has 0 radical (unpaired) electrons. The smallest absolute Gasteiger partial charge is 0.126 e. The van der Waals surface area contributed by atoms with Crippen LogP contribution in [0.1, 0.15) is 46.7 Å². The lowest BCUT2D eigenvalue weighted by Crippen LogP contribution is -2.12. The predicted octanol–water partition coefficient (Wildman–Crippen LogP) is 4.00. The molecule has 0 aliphatic heterocycles. The summed E-state index contributed by atoms with van der Waals surface area (Å²) < 4.78 is 0. The molecule has 1 aromatic carbocycles. The average molecular weight is 369 g/mol. The minimum atomic E-state index is 0.593. The van der Waals surface area contributed by atoms with Gasteiger partial charge in [0.15, 0.2) is 0 Å². The molecule has 0 bridgehead atoms. The minimum absolute atomic E-state index is 0.593. The summed E-state index contributed by atoms with van der Waals surface area (Å²) in [5.41, 5.74) is 14.2. The first-order chi connectivity index (χ1) is 13.8. The number of nitrogen functional groups attached to an aromatic ring is 1. The van der Waals surface area contributed by atoms with Gasteiger partial charge in [-0.05, 0) is 60.6 Å². The van der Waals surface area contributed by atoms with E-state index in [2.05, 4.69) is 22.1 Å². The monoisotopic (exact) mass is 369 g/mol. The van der Waals surface area contributed by atoms with Crippen LogP contribution in [0.15, 0.2) is 48.7 Å². The molecule has 3 heterocycles. The van der Waals surface area contributed by atoms with Crippen LogP contribution in [0.2, 0.25) is 0 Å². The molecule has 0 amide bonds. The number of para-hydroxylation sites is 2. The third-order valence-electron chi connectivity index (χ3n) is 5.55. The maximum atomic E-state index is 6.11. The van der Waals surface area contributed by atoms with Gasteiger partial charge in [-0.3, -0.25) is 4.98 Å². The molecule has 0 saturated heterocycles. The highest BCUT2D eigenvalue weighted by atomic mass is 14.9. The standard InChI is InChI=1S/C23H23N5/c24-23-16(7-5-11-25-23)13-17-12-15-6-1-2-8-18(15)26-21(17)14-22-27-19-9-3-4-10-20(19)28-22/h3-5,7,9-12H,1-2,6,8,13-14H2,(H2,24,25)(H,27,28). The number of hydrogen-bond acceptors (Lipinski definition) is 4. The summed E-state index contributed by atoms with van der Waals surface area (Å²) >= 11 is 0. The Morgan fingerprint density at radius 2 is 1.82 bits per heavy atom. The van der Waals surface area contributed by atoms with Gasteiger partial charge in [0.25, 0.3) is 0 Å². The van der Waals surface area contributed by atoms with Crippen molar-refractivity contribution in [2.45, 2.75) is 38.5 Å². The number of nitrogens with one attached hydrogen (secondary N) is 1. The zero-order valence-corrected chi connectivity index (χ0v) is 15.8. The SMILES string of the molecule is Nc1ncccc1Cc1cc2c(nc1Cc1nc3ccccc3[nH]1)CCCC2. The number of nitrogens with zero attached hydrogens (tertiary/aromatic N) is 3. The van der Waals surface area contributed by atoms with E-state index in [-0.39, 0.29) is 0 Å². The van der Waals surface area contributed by atoms with Crippen LogP contribution in [0, 0.1) is 0 Å². The van der Waals surface area contributed by atoms with Gasteiger partial charge in [-0.1, -0.05) is 24.3 Å². The number of rotatable bonds is 4. The molecule has 5 heteroatoms. The molecule has 140 valence electrons. The molecule has 3 N–H and O–H groups in total. The van der Waals surface area contributed by atoms with E-state index >= 15 is 0 Å². The number of pyridine rings is 2. The van der Waals surface area contributed by atoms with Gasteiger partial charge in [0, 0.05) is 24.7 Å². The third kappa shape index (κ3) is 3.24. The number of nitrogens with two attached hydrogens (primary N) is 1. The normalized spacial score (nSPS) is 13.6. The quantitative estimate of drug-likeness (QED) is 0.570. The first kappa shape index (κ1) is 16.9. The third-order valence-corrected chi connectivity index (χ3v) is 5.55. The molecule has 0 atom stereocenters. The van der Waals surface area contributed by atoms with Gasteiger partial charge in [0.1, 0.15) is 11.6 Å². The molecule has 1 aliphatic rings. The lowest BCUT2D eigenvalue weighted by atomic mass is 9.91. The van der Waals surface area contributed by atoms with Gasteiger partial charge >= 0.3 is 0 Å². The van der Waals surface area contributed by atoms with E-state index in [1.165, 1.54) is 29.7 Å². The number of hydrogen-bond donors (Lipinski definition) is 2. The molecule has 1 aliphatic carbocycles. The summed E-state index contributed by atoms with van der Waals surface area (Å²) in [5.74, 6) is 1.54. The summed E-state index contributed by atoms with van der Waals surface area (Å²) in [5, 5.41) is 0. The predicted molar refractivity (Wildman–Crippen MR) is 111 cm³/mol. The lowest BCUT2D eigenvalue weighted by molar-refractivity contribution is 0.661. The second kappa shape index (κ2) is 7.08. The fraction of sp³-hybridized carbons (Fsp3) is 0.261. The van der Waals surface area contributed by atoms with Gasteiger partial charge in [-0.2, -0.15) is 0 Å². The van der Waals surface area contributed by atoms with Crippen molar-refractivity contribution in [2.75, 3.05) is 5.73 Å². The van der Waals surface area contributed by atoms with Gasteiger partial charge in [-0.25, -0.2) is 9.97 Å². The number of anilines is 1. The molecule has 0 fully saturated rings. The molecular formula is C23H23N5. The molecule has 5 nitrogen and oxygen atoms in total. The van der Waals surface area contributed by atoms with Crippen LogP contribution in [0.5, 0.6) is 0 Å². The Morgan fingerprint density at radius 3 is 2.71 bits per heavy atom. The molecule has 5 rings (SSSR count). The first-order valence-corrected chi connectivity index (χ1v) is 9.90. The van der Waals surface area contributed by atoms with Crippen molar-refractivity contribution < 1.29 is 0 Å². The molecular weight excluding hydrogens is 346 g/mol. The van der Waals surface area contributed by atoms with Crippen LogP contribution >= 0.6 is 0 Å². The van der Waals surface area contributed by atoms with Crippen molar-refractivity contribution in [3.8, 4) is 0 Å². The Bertz CT molecular complexity index is 1110. The van der Waals surface area contributed by atoms with Gasteiger partial charge in [-0.15, -0.1) is 0 Å². The van der Waals surface area contributed by atoms with Gasteiger partial charge < -0.3 is 10.7 Å². The highest BCUT2D eigenvalue weighted by molar-refractivity contribution is 5.74. The summed E-state index contributed by atoms with van der Waals surface area (Å²) in [6.45, 7) is 0. The summed E-state index contributed by atoms with van der Waals surface area (Å²) in [6.07, 6.45) is 7.82. The van der Waals surface area contributed by atoms with E-state index in [0.717, 1.165) is 47.4 Å². The Balaban J connectivity index is 1.55. The molecule has 4 aromatic rings. The summed E-state index contributed by atoms with van der Waals surface area (Å²) in [4.78, 5) is 17.5. The van der Waals surface area contributed by atoms with Crippen LogP contribution in [0.25, 0.3) is 11.0 Å². The second-order valence-corrected chi connectivity index (χ2v) is 7.51. The van der Waals surface area contributed by atoms with Crippen LogP contribution in [-0.2, 0) is 25.7 Å². The van der Waals surface area contributed by atoms with Crippen molar-refractivity contribution >= 4 is 16.9 Å². The highest BCUT2D eigenvalue weighted by Gasteiger charge is 2.17. The van der Waals surface area contributed by atoms with E-state index in [1.54, 1.807) is 6.20 Å². The van der Waals surface area contributed by atoms with E-state index in [0.29, 0.717) is 12.2 Å². The first-order valence-electron chi connectivity index (χ1n) is 9.90. The maximum Gasteiger partial charge on any atom is 0.126 e. The van der Waals surface area contributed by atoms with Crippen molar-refractivity contribution in [1.82, 2.24) is 19.9 Å². The number of H-pyrrole nitrogens is 1. The number of aryl methyl sites for hydroxylation is 2. The van der Waals surface area contributed by atoms with Crippen molar-refractivity contribution in [3.63, 3.8) is 0 Å². The average Bonchev–Trinajstić information content (AvgIpc) is 3.12. The summed E-state index contributed by atoms with van der Waals surface area (Å²) in [6, 6.07) is 14.5. The van der Waals surface area contributed by atoms with E-state index in [4.69, 9.17) is 15.7 Å². The number of fused-ring (bicyclic) bond motifs is 2. The van der Waals surface area contributed by atoms with E-state index in [1.807, 2.05) is 30.3 Å². The summed E-state index contributed by atoms with van der Waals surface area (Å²) in [7, 11) is 0. The molecule has 0 unspecified atom stereocenters. The van der Waals surface area contributed by atoms with Crippen molar-refractivity contribution in [2.24, 2.45) is 0 Å². The van der Waals surface area contributed by atoms with E-state index < -0.39 is 0 Å². The van der Waals surface area contributed by atoms with Crippen molar-refractivity contribution in [1.29, 1.82) is 0 Å². The molecule has 3 aromatic heterocycles. The zero-order chi connectivity index (χ0) is 18.9. The topological polar surface area (TPSA) is 80.5 Å². The fourth-order valence-corrected chi connectivity index (χ4v) is 4.08. The molecule has 0 spiro atoms. The number of aromatic nitrogens is 4. The largest absolute Gasteiger partial charge is 0.383 e. The fourth-order valence-electron chi connectivity index (χ4n) is 4.08. The Morgan fingerprint density at radius 1 is 0.929 bits per heavy atom. The van der Waals surface area contributed by atoms with Crippen LogP contribution in [0.3, 0.4) is 0 Å². The number of benzene rings is 1. The highest BCUT2D eigenvalue weighted by Crippen LogP contribution is 2.26. The van der Waals surface area contributed by atoms with E-state index in [9.17, 15) is 0 Å². The van der Waals surface area contributed by atoms with Crippen LogP contribution < -0.4 is 5.73 Å². The van der Waals surface area contributed by atoms with Crippen LogP contribution in [0.4, 0.5) is 5.82 Å². The van der Waals surface area contributed by atoms with Crippen LogP contribution in [-0.4, -0.2) is 19.9 Å². The number of imidazole rings is 1. The Kier molecular flexibility index (Phi) is 4.28. The van der Waals surface area contributed by atoms with Gasteiger partial charge in [0.05, 0.1) is 16.7 Å². The lowest BCUT2D eigenvalue weighted by Gasteiger charge is -2.19. The second-order valence-electron chi connectivity index (χ2n) is 7.51.